The standard InChI is InChI=1S/C17H25FN2O/c18-17-8-2-1-5-14(17)11-19-9-3-6-15(19)12-20-10-4-7-16(20)13-21/h1-2,5,8,15-16,21H,3-4,6-7,9-13H2. The Morgan fingerprint density at radius 3 is 2.52 bits per heavy atom. The highest BCUT2D eigenvalue weighted by molar-refractivity contribution is 5.17. The van der Waals surface area contributed by atoms with Gasteiger partial charge >= 0.3 is 0 Å². The summed E-state index contributed by atoms with van der Waals surface area (Å²) in [5.74, 6) is -0.0995. The summed E-state index contributed by atoms with van der Waals surface area (Å²) >= 11 is 0. The first-order valence-electron chi connectivity index (χ1n) is 8.10. The number of benzene rings is 1. The highest BCUT2D eigenvalue weighted by Gasteiger charge is 2.31. The Balaban J connectivity index is 1.62. The van der Waals surface area contributed by atoms with Crippen molar-refractivity contribution in [3.63, 3.8) is 0 Å². The topological polar surface area (TPSA) is 26.7 Å². The highest BCUT2D eigenvalue weighted by atomic mass is 19.1. The maximum atomic E-state index is 13.8. The highest BCUT2D eigenvalue weighted by Crippen LogP contribution is 2.25. The van der Waals surface area contributed by atoms with Gasteiger partial charge in [0.15, 0.2) is 0 Å². The molecule has 0 bridgehead atoms. The van der Waals surface area contributed by atoms with Crippen molar-refractivity contribution >= 4 is 0 Å². The van der Waals surface area contributed by atoms with Crippen molar-refractivity contribution in [3.05, 3.63) is 35.6 Å². The molecular formula is C17H25FN2O. The van der Waals surface area contributed by atoms with E-state index in [0.29, 0.717) is 18.6 Å². The molecule has 3 nitrogen and oxygen atoms in total. The van der Waals surface area contributed by atoms with E-state index in [9.17, 15) is 9.50 Å². The van der Waals surface area contributed by atoms with Crippen LogP contribution in [0.2, 0.25) is 0 Å². The lowest BCUT2D eigenvalue weighted by molar-refractivity contribution is 0.119. The van der Waals surface area contributed by atoms with Gasteiger partial charge in [0.2, 0.25) is 0 Å². The Bertz CT molecular complexity index is 468. The summed E-state index contributed by atoms with van der Waals surface area (Å²) in [7, 11) is 0. The van der Waals surface area contributed by atoms with Crippen LogP contribution < -0.4 is 0 Å². The molecule has 2 aliphatic rings. The number of aliphatic hydroxyl groups excluding tert-OH is 1. The normalized spacial score (nSPS) is 27.5. The van der Waals surface area contributed by atoms with Crippen molar-refractivity contribution in [2.24, 2.45) is 0 Å². The van der Waals surface area contributed by atoms with Gasteiger partial charge in [-0.1, -0.05) is 18.2 Å². The molecule has 2 atom stereocenters. The van der Waals surface area contributed by atoms with Gasteiger partial charge in [0.05, 0.1) is 6.61 Å². The third kappa shape index (κ3) is 3.44. The van der Waals surface area contributed by atoms with Crippen LogP contribution in [0.4, 0.5) is 4.39 Å². The molecule has 116 valence electrons. The molecule has 4 heteroatoms. The Morgan fingerprint density at radius 1 is 1.05 bits per heavy atom. The van der Waals surface area contributed by atoms with Gasteiger partial charge in [0.25, 0.3) is 0 Å². The second-order valence-electron chi connectivity index (χ2n) is 6.33. The van der Waals surface area contributed by atoms with Gasteiger partial charge < -0.3 is 5.11 Å². The molecule has 2 unspecified atom stereocenters. The summed E-state index contributed by atoms with van der Waals surface area (Å²) in [4.78, 5) is 4.83. The van der Waals surface area contributed by atoms with E-state index in [1.165, 1.54) is 19.3 Å². The van der Waals surface area contributed by atoms with Crippen molar-refractivity contribution < 1.29 is 9.50 Å². The molecular weight excluding hydrogens is 267 g/mol. The van der Waals surface area contributed by atoms with Crippen molar-refractivity contribution in [2.75, 3.05) is 26.2 Å². The van der Waals surface area contributed by atoms with Crippen LogP contribution in [0.25, 0.3) is 0 Å². The molecule has 21 heavy (non-hydrogen) atoms. The van der Waals surface area contributed by atoms with Crippen LogP contribution in [0, 0.1) is 5.82 Å². The second kappa shape index (κ2) is 6.86. The van der Waals surface area contributed by atoms with Crippen LogP contribution in [-0.4, -0.2) is 53.2 Å². The molecule has 0 aromatic heterocycles. The van der Waals surface area contributed by atoms with Gasteiger partial charge in [0, 0.05) is 30.7 Å². The van der Waals surface area contributed by atoms with Crippen LogP contribution in [0.5, 0.6) is 0 Å². The van der Waals surface area contributed by atoms with Crippen LogP contribution in [-0.2, 0) is 6.54 Å². The quantitative estimate of drug-likeness (QED) is 0.901. The number of halogens is 1. The zero-order chi connectivity index (χ0) is 14.7. The maximum absolute atomic E-state index is 13.8. The van der Waals surface area contributed by atoms with Crippen LogP contribution in [0.15, 0.2) is 24.3 Å². The van der Waals surface area contributed by atoms with Crippen LogP contribution >= 0.6 is 0 Å². The smallest absolute Gasteiger partial charge is 0.127 e. The van der Waals surface area contributed by atoms with Gasteiger partial charge in [-0.3, -0.25) is 9.80 Å². The molecule has 1 aromatic carbocycles. The molecule has 2 aliphatic heterocycles. The fourth-order valence-corrected chi connectivity index (χ4v) is 3.77. The van der Waals surface area contributed by atoms with Gasteiger partial charge in [-0.05, 0) is 44.8 Å². The molecule has 1 N–H and O–H groups in total. The molecule has 3 rings (SSSR count). The first-order valence-corrected chi connectivity index (χ1v) is 8.10. The van der Waals surface area contributed by atoms with Gasteiger partial charge in [-0.2, -0.15) is 0 Å². The largest absolute Gasteiger partial charge is 0.395 e. The molecule has 0 amide bonds. The SMILES string of the molecule is OCC1CCCN1CC1CCCN1Cc1ccccc1F. The lowest BCUT2D eigenvalue weighted by Crippen LogP contribution is -2.43. The Labute approximate surface area is 126 Å². The van der Waals surface area contributed by atoms with E-state index in [0.717, 1.165) is 31.6 Å². The van der Waals surface area contributed by atoms with Gasteiger partial charge in [-0.25, -0.2) is 4.39 Å². The van der Waals surface area contributed by atoms with Crippen molar-refractivity contribution in [1.82, 2.24) is 9.80 Å². The Morgan fingerprint density at radius 2 is 1.76 bits per heavy atom. The summed E-state index contributed by atoms with van der Waals surface area (Å²) in [5, 5.41) is 9.44. The van der Waals surface area contributed by atoms with Gasteiger partial charge in [0.1, 0.15) is 5.82 Å². The molecule has 2 saturated heterocycles. The Hall–Kier alpha value is -0.970. The molecule has 2 heterocycles. The molecule has 0 spiro atoms. The number of hydrogen-bond donors (Lipinski definition) is 1. The number of nitrogens with zero attached hydrogens (tertiary/aromatic N) is 2. The van der Waals surface area contributed by atoms with E-state index in [4.69, 9.17) is 0 Å². The van der Waals surface area contributed by atoms with E-state index < -0.39 is 0 Å². The monoisotopic (exact) mass is 292 g/mol. The molecule has 0 aliphatic carbocycles. The van der Waals surface area contributed by atoms with Crippen LogP contribution in [0.3, 0.4) is 0 Å². The third-order valence-corrected chi connectivity index (χ3v) is 4.99. The number of hydrogen-bond acceptors (Lipinski definition) is 3. The predicted octanol–water partition coefficient (Wildman–Crippen LogP) is 2.25. The number of rotatable bonds is 5. The van der Waals surface area contributed by atoms with E-state index >= 15 is 0 Å². The van der Waals surface area contributed by atoms with E-state index in [2.05, 4.69) is 9.80 Å². The fraction of sp³-hybridized carbons (Fsp3) is 0.647. The number of aliphatic hydroxyl groups is 1. The fourth-order valence-electron chi connectivity index (χ4n) is 3.77. The summed E-state index contributed by atoms with van der Waals surface area (Å²) in [6.45, 7) is 4.13. The number of likely N-dealkylation sites (tertiary alicyclic amines) is 2. The minimum absolute atomic E-state index is 0.0995. The van der Waals surface area contributed by atoms with E-state index in [1.807, 2.05) is 12.1 Å². The van der Waals surface area contributed by atoms with Crippen molar-refractivity contribution in [1.29, 1.82) is 0 Å². The zero-order valence-electron chi connectivity index (χ0n) is 12.5. The molecule has 0 saturated carbocycles. The summed E-state index contributed by atoms with van der Waals surface area (Å²) in [6.07, 6.45) is 4.67. The van der Waals surface area contributed by atoms with Gasteiger partial charge in [-0.15, -0.1) is 0 Å². The molecule has 1 aromatic rings. The minimum Gasteiger partial charge on any atom is -0.395 e. The summed E-state index contributed by atoms with van der Waals surface area (Å²) in [5.41, 5.74) is 0.796. The first-order chi connectivity index (χ1) is 10.3. The molecule has 2 fully saturated rings. The third-order valence-electron chi connectivity index (χ3n) is 4.99. The molecule has 0 radical (unpaired) electrons. The maximum Gasteiger partial charge on any atom is 0.127 e. The van der Waals surface area contributed by atoms with Crippen LogP contribution in [0.1, 0.15) is 31.2 Å². The summed E-state index contributed by atoms with van der Waals surface area (Å²) < 4.78 is 13.8. The lowest BCUT2D eigenvalue weighted by atomic mass is 10.1. The van der Waals surface area contributed by atoms with Crippen molar-refractivity contribution in [3.8, 4) is 0 Å². The van der Waals surface area contributed by atoms with E-state index in [1.54, 1.807) is 12.1 Å². The summed E-state index contributed by atoms with van der Waals surface area (Å²) in [6, 6.07) is 7.92. The first kappa shape index (κ1) is 14.9. The van der Waals surface area contributed by atoms with Crippen molar-refractivity contribution in [2.45, 2.75) is 44.3 Å². The Kier molecular flexibility index (Phi) is 4.88. The average molecular weight is 292 g/mol. The minimum atomic E-state index is -0.0995. The lowest BCUT2D eigenvalue weighted by Gasteiger charge is -2.31. The average Bonchev–Trinajstić information content (AvgIpc) is 3.11. The van der Waals surface area contributed by atoms with E-state index in [-0.39, 0.29) is 12.4 Å². The zero-order valence-corrected chi connectivity index (χ0v) is 12.5. The predicted molar refractivity (Wildman–Crippen MR) is 81.5 cm³/mol. The second-order valence-corrected chi connectivity index (χ2v) is 6.33.